The van der Waals surface area contributed by atoms with E-state index in [0.717, 1.165) is 46.7 Å². The van der Waals surface area contributed by atoms with Crippen LogP contribution < -0.4 is 0 Å². The smallest absolute Gasteiger partial charge is 0.123 e. The Kier molecular flexibility index (Phi) is 4.69. The minimum atomic E-state index is -0.251. The van der Waals surface area contributed by atoms with Crippen LogP contribution in [0, 0.1) is 5.82 Å². The summed E-state index contributed by atoms with van der Waals surface area (Å²) in [6.45, 7) is 10.3. The van der Waals surface area contributed by atoms with Crippen LogP contribution in [0.1, 0.15) is 56.1 Å². The molecule has 0 saturated carbocycles. The number of halogens is 1. The zero-order chi connectivity index (χ0) is 18.4. The number of benzene rings is 1. The van der Waals surface area contributed by atoms with Gasteiger partial charge in [0.2, 0.25) is 0 Å². The van der Waals surface area contributed by atoms with E-state index in [1.54, 1.807) is 12.1 Å². The summed E-state index contributed by atoms with van der Waals surface area (Å²) in [5.74, 6) is -0.0409. The molecule has 0 spiro atoms. The molecule has 0 radical (unpaired) electrons. The first-order valence-corrected chi connectivity index (χ1v) is 8.86. The van der Waals surface area contributed by atoms with Crippen LogP contribution in [0.15, 0.2) is 24.3 Å². The average Bonchev–Trinajstić information content (AvgIpc) is 2.53. The predicted octanol–water partition coefficient (Wildman–Crippen LogP) is 4.23. The Morgan fingerprint density at radius 1 is 1.24 bits per heavy atom. The van der Waals surface area contributed by atoms with E-state index in [0.29, 0.717) is 0 Å². The largest absolute Gasteiger partial charge is 0.392 e. The van der Waals surface area contributed by atoms with Crippen molar-refractivity contribution in [2.45, 2.75) is 52.2 Å². The van der Waals surface area contributed by atoms with E-state index in [1.165, 1.54) is 12.1 Å². The summed E-state index contributed by atoms with van der Waals surface area (Å²) in [7, 11) is 2.11. The minimum absolute atomic E-state index is 0.0648. The van der Waals surface area contributed by atoms with Crippen LogP contribution in [0.25, 0.3) is 11.1 Å². The van der Waals surface area contributed by atoms with Crippen LogP contribution in [-0.2, 0) is 18.6 Å². The van der Waals surface area contributed by atoms with Gasteiger partial charge in [0.15, 0.2) is 0 Å². The topological polar surface area (TPSA) is 36.4 Å². The van der Waals surface area contributed by atoms with E-state index in [-0.39, 0.29) is 23.8 Å². The van der Waals surface area contributed by atoms with Crippen molar-refractivity contribution in [1.82, 2.24) is 9.88 Å². The molecule has 2 heterocycles. The lowest BCUT2D eigenvalue weighted by Crippen LogP contribution is -2.41. The van der Waals surface area contributed by atoms with Crippen molar-refractivity contribution in [3.63, 3.8) is 0 Å². The lowest BCUT2D eigenvalue weighted by Gasteiger charge is -2.39. The van der Waals surface area contributed by atoms with Gasteiger partial charge in [-0.05, 0) is 41.8 Å². The van der Waals surface area contributed by atoms with Crippen molar-refractivity contribution >= 4 is 0 Å². The number of likely N-dealkylation sites (N-methyl/N-ethyl adjacent to an activating group) is 1. The minimum Gasteiger partial charge on any atom is -0.392 e. The maximum Gasteiger partial charge on any atom is 0.123 e. The molecule has 0 bridgehead atoms. The highest BCUT2D eigenvalue weighted by Gasteiger charge is 2.35. The number of aromatic nitrogens is 1. The number of pyridine rings is 1. The van der Waals surface area contributed by atoms with Gasteiger partial charge in [0.25, 0.3) is 0 Å². The molecule has 0 atom stereocenters. The predicted molar refractivity (Wildman–Crippen MR) is 99.0 cm³/mol. The number of aliphatic hydroxyl groups is 1. The lowest BCUT2D eigenvalue weighted by molar-refractivity contribution is 0.229. The normalized spacial score (nSPS) is 17.0. The zero-order valence-electron chi connectivity index (χ0n) is 15.7. The first kappa shape index (κ1) is 18.0. The van der Waals surface area contributed by atoms with Crippen LogP contribution in [0.2, 0.25) is 0 Å². The van der Waals surface area contributed by atoms with Crippen molar-refractivity contribution in [2.24, 2.45) is 0 Å². The van der Waals surface area contributed by atoms with Gasteiger partial charge in [-0.3, -0.25) is 4.98 Å². The van der Waals surface area contributed by atoms with Crippen LogP contribution in [0.4, 0.5) is 4.39 Å². The monoisotopic (exact) mass is 342 g/mol. The van der Waals surface area contributed by atoms with Crippen molar-refractivity contribution in [3.05, 3.63) is 52.6 Å². The van der Waals surface area contributed by atoms with Gasteiger partial charge in [-0.25, -0.2) is 4.39 Å². The number of nitrogens with zero attached hydrogens (tertiary/aromatic N) is 2. The molecule has 1 aromatic heterocycles. The Morgan fingerprint density at radius 2 is 1.88 bits per heavy atom. The van der Waals surface area contributed by atoms with Crippen molar-refractivity contribution in [2.75, 3.05) is 13.6 Å². The maximum absolute atomic E-state index is 13.4. The number of fused-ring (bicyclic) bond motifs is 1. The van der Waals surface area contributed by atoms with Gasteiger partial charge in [0.1, 0.15) is 5.82 Å². The fraction of sp³-hybridized carbons (Fsp3) is 0.476. The average molecular weight is 342 g/mol. The van der Waals surface area contributed by atoms with E-state index < -0.39 is 0 Å². The highest BCUT2D eigenvalue weighted by molar-refractivity contribution is 5.73. The second-order valence-corrected chi connectivity index (χ2v) is 8.05. The van der Waals surface area contributed by atoms with Crippen molar-refractivity contribution in [3.8, 4) is 11.1 Å². The van der Waals surface area contributed by atoms with Gasteiger partial charge < -0.3 is 10.0 Å². The number of hydrogen-bond donors (Lipinski definition) is 1. The molecule has 1 aliphatic rings. The summed E-state index contributed by atoms with van der Waals surface area (Å²) < 4.78 is 13.4. The second-order valence-electron chi connectivity index (χ2n) is 8.05. The number of rotatable bonds is 3. The fourth-order valence-corrected chi connectivity index (χ4v) is 4.08. The molecular formula is C21H27FN2O. The Labute approximate surface area is 149 Å². The SMILES string of the molecule is CC(C)c1nc2c(c(-c3ccc(F)cc3)c1CO)CN(C)CC2(C)C. The maximum atomic E-state index is 13.4. The molecule has 134 valence electrons. The molecular weight excluding hydrogens is 315 g/mol. The van der Waals surface area contributed by atoms with Gasteiger partial charge in [-0.1, -0.05) is 39.8 Å². The van der Waals surface area contributed by atoms with Crippen LogP contribution >= 0.6 is 0 Å². The molecule has 4 heteroatoms. The molecule has 0 unspecified atom stereocenters. The highest BCUT2D eigenvalue weighted by atomic mass is 19.1. The lowest BCUT2D eigenvalue weighted by atomic mass is 9.78. The van der Waals surface area contributed by atoms with Gasteiger partial charge in [-0.2, -0.15) is 0 Å². The van der Waals surface area contributed by atoms with E-state index in [9.17, 15) is 9.50 Å². The first-order chi connectivity index (χ1) is 11.7. The van der Waals surface area contributed by atoms with Crippen LogP contribution in [0.3, 0.4) is 0 Å². The zero-order valence-corrected chi connectivity index (χ0v) is 15.7. The van der Waals surface area contributed by atoms with Crippen LogP contribution in [0.5, 0.6) is 0 Å². The summed E-state index contributed by atoms with van der Waals surface area (Å²) in [4.78, 5) is 7.30. The molecule has 1 aliphatic heterocycles. The van der Waals surface area contributed by atoms with Gasteiger partial charge >= 0.3 is 0 Å². The van der Waals surface area contributed by atoms with Gasteiger partial charge in [0, 0.05) is 29.8 Å². The fourth-order valence-electron chi connectivity index (χ4n) is 4.08. The summed E-state index contributed by atoms with van der Waals surface area (Å²) in [6, 6.07) is 6.57. The molecule has 25 heavy (non-hydrogen) atoms. The molecule has 1 aromatic carbocycles. The molecule has 1 N–H and O–H groups in total. The number of aliphatic hydroxyl groups excluding tert-OH is 1. The van der Waals surface area contributed by atoms with E-state index >= 15 is 0 Å². The molecule has 0 amide bonds. The van der Waals surface area contributed by atoms with E-state index in [2.05, 4.69) is 39.6 Å². The summed E-state index contributed by atoms with van der Waals surface area (Å²) in [5.41, 5.74) is 5.96. The second kappa shape index (κ2) is 6.50. The standard InChI is InChI=1S/C21H27FN2O/c1-13(2)19-17(11-25)18(14-6-8-15(22)9-7-14)16-10-24(5)12-21(3,4)20(16)23-19/h6-9,13,25H,10-12H2,1-5H3. The molecule has 2 aromatic rings. The number of hydrogen-bond acceptors (Lipinski definition) is 3. The molecule has 0 saturated heterocycles. The third-order valence-corrected chi connectivity index (χ3v) is 5.00. The van der Waals surface area contributed by atoms with Crippen molar-refractivity contribution < 1.29 is 9.50 Å². The van der Waals surface area contributed by atoms with Gasteiger partial charge in [0.05, 0.1) is 12.3 Å². The molecule has 0 fully saturated rings. The Morgan fingerprint density at radius 3 is 2.44 bits per heavy atom. The van der Waals surface area contributed by atoms with Gasteiger partial charge in [-0.15, -0.1) is 0 Å². The third kappa shape index (κ3) is 3.21. The molecule has 3 rings (SSSR count). The summed E-state index contributed by atoms with van der Waals surface area (Å²) in [6.07, 6.45) is 0. The quantitative estimate of drug-likeness (QED) is 0.907. The molecule has 0 aliphatic carbocycles. The third-order valence-electron chi connectivity index (χ3n) is 5.00. The summed E-state index contributed by atoms with van der Waals surface area (Å²) in [5, 5.41) is 10.1. The van der Waals surface area contributed by atoms with E-state index in [4.69, 9.17) is 4.98 Å². The summed E-state index contributed by atoms with van der Waals surface area (Å²) >= 11 is 0. The Hall–Kier alpha value is -1.78. The van der Waals surface area contributed by atoms with Crippen molar-refractivity contribution in [1.29, 1.82) is 0 Å². The first-order valence-electron chi connectivity index (χ1n) is 8.86. The van der Waals surface area contributed by atoms with E-state index in [1.807, 2.05) is 0 Å². The highest BCUT2D eigenvalue weighted by Crippen LogP contribution is 2.41. The Balaban J connectivity index is 2.37. The molecule has 3 nitrogen and oxygen atoms in total. The Bertz CT molecular complexity index is 781. The van der Waals surface area contributed by atoms with Crippen LogP contribution in [-0.4, -0.2) is 28.6 Å².